The molecule has 1 aromatic heterocycles. The molecule has 2 heterocycles. The highest BCUT2D eigenvalue weighted by atomic mass is 35.5. The number of benzene rings is 1. The first kappa shape index (κ1) is 12.5. The number of nitriles is 1. The first-order valence-corrected chi connectivity index (χ1v) is 6.78. The van der Waals surface area contributed by atoms with Crippen molar-refractivity contribution in [2.24, 2.45) is 0 Å². The average Bonchev–Trinajstić information content (AvgIpc) is 3.02. The molecule has 0 radical (unpaired) electrons. The molecular weight excluding hydrogens is 262 g/mol. The number of hydrogen-bond donors (Lipinski definition) is 0. The lowest BCUT2D eigenvalue weighted by molar-refractivity contribution is 0.162. The molecule has 1 aliphatic heterocycles. The quantitative estimate of drug-likeness (QED) is 0.792. The molecule has 1 saturated heterocycles. The van der Waals surface area contributed by atoms with Gasteiger partial charge in [-0.25, -0.2) is 4.98 Å². The highest BCUT2D eigenvalue weighted by Gasteiger charge is 2.35. The molecule has 0 bridgehead atoms. The zero-order valence-electron chi connectivity index (χ0n) is 10.7. The van der Waals surface area contributed by atoms with E-state index in [9.17, 15) is 5.26 Å². The lowest BCUT2D eigenvalue weighted by Gasteiger charge is -2.26. The Morgan fingerprint density at radius 3 is 3.05 bits per heavy atom. The summed E-state index contributed by atoms with van der Waals surface area (Å²) in [6.45, 7) is 3.55. The van der Waals surface area contributed by atoms with Crippen molar-refractivity contribution in [3.05, 3.63) is 29.6 Å². The third-order valence-corrected chi connectivity index (χ3v) is 3.97. The van der Waals surface area contributed by atoms with E-state index in [0.717, 1.165) is 29.9 Å². The molecule has 1 aromatic carbocycles. The maximum Gasteiger partial charge on any atom is 0.125 e. The molecule has 3 rings (SSSR count). The minimum atomic E-state index is -0.132. The second-order valence-electron chi connectivity index (χ2n) is 5.08. The Morgan fingerprint density at radius 2 is 2.42 bits per heavy atom. The Bertz CT molecular complexity index is 665. The highest BCUT2D eigenvalue weighted by Crippen LogP contribution is 2.33. The number of imidazole rings is 1. The Balaban J connectivity index is 2.31. The fourth-order valence-corrected chi connectivity index (χ4v) is 2.94. The molecule has 98 valence electrons. The lowest BCUT2D eigenvalue weighted by atomic mass is 10.0. The van der Waals surface area contributed by atoms with Gasteiger partial charge in [-0.05, 0) is 25.5 Å². The van der Waals surface area contributed by atoms with Crippen molar-refractivity contribution in [2.45, 2.75) is 24.8 Å². The minimum Gasteiger partial charge on any atom is -0.379 e. The van der Waals surface area contributed by atoms with Crippen molar-refractivity contribution in [2.75, 3.05) is 13.2 Å². The Labute approximate surface area is 116 Å². The third-order valence-electron chi connectivity index (χ3n) is 3.73. The second-order valence-corrected chi connectivity index (χ2v) is 5.35. The van der Waals surface area contributed by atoms with Gasteiger partial charge in [-0.1, -0.05) is 6.07 Å². The number of rotatable bonds is 2. The number of nitrogens with zero attached hydrogens (tertiary/aromatic N) is 3. The molecule has 0 aliphatic carbocycles. The predicted molar refractivity (Wildman–Crippen MR) is 73.1 cm³/mol. The van der Waals surface area contributed by atoms with Crippen LogP contribution < -0.4 is 0 Å². The number of aromatic nitrogens is 2. The molecule has 0 saturated carbocycles. The number of hydrogen-bond acceptors (Lipinski definition) is 3. The average molecular weight is 276 g/mol. The van der Waals surface area contributed by atoms with Crippen molar-refractivity contribution >= 4 is 22.6 Å². The molecular formula is C14H14ClN3O. The summed E-state index contributed by atoms with van der Waals surface area (Å²) in [5.74, 6) is 1.13. The van der Waals surface area contributed by atoms with Gasteiger partial charge in [0.25, 0.3) is 0 Å². The van der Waals surface area contributed by atoms with E-state index in [1.807, 2.05) is 12.1 Å². The first-order chi connectivity index (χ1) is 9.19. The van der Waals surface area contributed by atoms with Crippen LogP contribution in [0.4, 0.5) is 0 Å². The van der Waals surface area contributed by atoms with Gasteiger partial charge in [0.2, 0.25) is 0 Å². The molecule has 1 aliphatic rings. The molecule has 0 spiro atoms. The first-order valence-electron chi connectivity index (χ1n) is 6.24. The van der Waals surface area contributed by atoms with Crippen molar-refractivity contribution in [1.82, 2.24) is 9.55 Å². The Hall–Kier alpha value is -1.57. The molecule has 1 atom stereocenters. The fourth-order valence-electron chi connectivity index (χ4n) is 2.76. The van der Waals surface area contributed by atoms with Gasteiger partial charge in [0.05, 0.1) is 29.1 Å². The van der Waals surface area contributed by atoms with Crippen LogP contribution in [0.25, 0.3) is 11.0 Å². The maximum atomic E-state index is 9.18. The molecule has 5 heteroatoms. The van der Waals surface area contributed by atoms with Crippen LogP contribution in [0.15, 0.2) is 18.2 Å². The van der Waals surface area contributed by atoms with E-state index in [1.165, 1.54) is 0 Å². The summed E-state index contributed by atoms with van der Waals surface area (Å²) in [4.78, 5) is 4.54. The van der Waals surface area contributed by atoms with Gasteiger partial charge in [-0.15, -0.1) is 11.6 Å². The molecule has 1 fully saturated rings. The van der Waals surface area contributed by atoms with Crippen LogP contribution in [-0.2, 0) is 16.2 Å². The molecule has 2 aromatic rings. The maximum absolute atomic E-state index is 9.18. The normalized spacial score (nSPS) is 22.8. The number of para-hydroxylation sites is 1. The van der Waals surface area contributed by atoms with Crippen LogP contribution in [0, 0.1) is 11.3 Å². The number of halogens is 1. The van der Waals surface area contributed by atoms with Crippen molar-refractivity contribution in [3.8, 4) is 6.07 Å². The van der Waals surface area contributed by atoms with E-state index in [1.54, 1.807) is 6.07 Å². The van der Waals surface area contributed by atoms with E-state index in [0.29, 0.717) is 18.1 Å². The van der Waals surface area contributed by atoms with Gasteiger partial charge >= 0.3 is 0 Å². The summed E-state index contributed by atoms with van der Waals surface area (Å²) < 4.78 is 7.67. The van der Waals surface area contributed by atoms with Gasteiger partial charge in [-0.3, -0.25) is 0 Å². The SMILES string of the molecule is CC1(n2c(CCl)nc3c(C#N)cccc32)CCOC1. The van der Waals surface area contributed by atoms with Crippen molar-refractivity contribution < 1.29 is 4.74 Å². The minimum absolute atomic E-state index is 0.132. The van der Waals surface area contributed by atoms with Gasteiger partial charge in [0.1, 0.15) is 17.4 Å². The zero-order valence-corrected chi connectivity index (χ0v) is 11.4. The van der Waals surface area contributed by atoms with Gasteiger partial charge in [0.15, 0.2) is 0 Å². The van der Waals surface area contributed by atoms with Gasteiger partial charge in [0, 0.05) is 6.61 Å². The van der Waals surface area contributed by atoms with Crippen LogP contribution in [0.2, 0.25) is 0 Å². The smallest absolute Gasteiger partial charge is 0.125 e. The summed E-state index contributed by atoms with van der Waals surface area (Å²) in [6, 6.07) is 7.84. The fraction of sp³-hybridized carbons (Fsp3) is 0.429. The largest absolute Gasteiger partial charge is 0.379 e. The van der Waals surface area contributed by atoms with Crippen molar-refractivity contribution in [3.63, 3.8) is 0 Å². The van der Waals surface area contributed by atoms with Crippen LogP contribution in [0.3, 0.4) is 0 Å². The molecule has 0 N–H and O–H groups in total. The molecule has 1 unspecified atom stereocenters. The van der Waals surface area contributed by atoms with Crippen LogP contribution in [0.1, 0.15) is 24.7 Å². The summed E-state index contributed by atoms with van der Waals surface area (Å²) >= 11 is 6.03. The van der Waals surface area contributed by atoms with E-state index in [-0.39, 0.29) is 5.54 Å². The van der Waals surface area contributed by atoms with Crippen LogP contribution in [0.5, 0.6) is 0 Å². The van der Waals surface area contributed by atoms with Gasteiger partial charge in [-0.2, -0.15) is 5.26 Å². The topological polar surface area (TPSA) is 50.8 Å². The summed E-state index contributed by atoms with van der Waals surface area (Å²) in [6.07, 6.45) is 0.930. The summed E-state index contributed by atoms with van der Waals surface area (Å²) in [5, 5.41) is 9.18. The van der Waals surface area contributed by atoms with Crippen molar-refractivity contribution in [1.29, 1.82) is 5.26 Å². The van der Waals surface area contributed by atoms with E-state index >= 15 is 0 Å². The lowest BCUT2D eigenvalue weighted by Crippen LogP contribution is -2.31. The highest BCUT2D eigenvalue weighted by molar-refractivity contribution is 6.16. The number of fused-ring (bicyclic) bond motifs is 1. The monoisotopic (exact) mass is 275 g/mol. The van der Waals surface area contributed by atoms with E-state index in [4.69, 9.17) is 16.3 Å². The van der Waals surface area contributed by atoms with E-state index < -0.39 is 0 Å². The standard InChI is InChI=1S/C14H14ClN3O/c1-14(5-6-19-9-14)18-11-4-2-3-10(8-16)13(11)17-12(18)7-15/h2-4H,5-7,9H2,1H3. The number of ether oxygens (including phenoxy) is 1. The molecule has 0 amide bonds. The molecule has 19 heavy (non-hydrogen) atoms. The predicted octanol–water partition coefficient (Wildman–Crippen LogP) is 2.78. The van der Waals surface area contributed by atoms with E-state index in [2.05, 4.69) is 22.5 Å². The van der Waals surface area contributed by atoms with Gasteiger partial charge < -0.3 is 9.30 Å². The number of alkyl halides is 1. The zero-order chi connectivity index (χ0) is 13.5. The molecule has 4 nitrogen and oxygen atoms in total. The summed E-state index contributed by atoms with van der Waals surface area (Å²) in [5.41, 5.74) is 2.15. The summed E-state index contributed by atoms with van der Waals surface area (Å²) in [7, 11) is 0. The Morgan fingerprint density at radius 1 is 1.58 bits per heavy atom. The third kappa shape index (κ3) is 1.81. The second kappa shape index (κ2) is 4.52. The Kier molecular flexibility index (Phi) is 2.96. The van der Waals surface area contributed by atoms with Crippen LogP contribution >= 0.6 is 11.6 Å². The van der Waals surface area contributed by atoms with Crippen LogP contribution in [-0.4, -0.2) is 22.8 Å².